The molecule has 0 saturated heterocycles. The number of nitrogens with zero attached hydrogens (tertiary/aromatic N) is 2. The van der Waals surface area contributed by atoms with Crippen LogP contribution in [0.1, 0.15) is 12.0 Å². The van der Waals surface area contributed by atoms with E-state index in [2.05, 4.69) is 15.3 Å². The molecule has 1 aliphatic heterocycles. The first-order valence-corrected chi connectivity index (χ1v) is 9.37. The normalized spacial score (nSPS) is 13.2. The average Bonchev–Trinajstić information content (AvgIpc) is 2.69. The molecule has 2 N–H and O–H groups in total. The van der Waals surface area contributed by atoms with E-state index in [0.717, 1.165) is 29.6 Å². The molecule has 0 radical (unpaired) electrons. The van der Waals surface area contributed by atoms with Crippen LogP contribution in [0.15, 0.2) is 47.5 Å². The van der Waals surface area contributed by atoms with Gasteiger partial charge in [-0.3, -0.25) is 5.41 Å². The molecule has 3 aromatic rings. The zero-order valence-electron chi connectivity index (χ0n) is 14.9. The molecule has 1 aliphatic rings. The Balaban J connectivity index is 1.67. The molecule has 0 atom stereocenters. The SMILES string of the molecule is COc1cc(F)ccc1-c1nc(Nc2ccc3c(c2)SC(=N)CC3)ncc1F. The quantitative estimate of drug-likeness (QED) is 0.633. The fraction of sp³-hybridized carbons (Fsp3) is 0.150. The predicted octanol–water partition coefficient (Wildman–Crippen LogP) is 5.19. The van der Waals surface area contributed by atoms with Gasteiger partial charge in [0.25, 0.3) is 0 Å². The minimum absolute atomic E-state index is 0.0171. The van der Waals surface area contributed by atoms with Gasteiger partial charge in [-0.25, -0.2) is 18.7 Å². The third kappa shape index (κ3) is 3.68. The van der Waals surface area contributed by atoms with Crippen LogP contribution in [0.3, 0.4) is 0 Å². The number of aryl methyl sites for hydroxylation is 1. The molecule has 0 bridgehead atoms. The van der Waals surface area contributed by atoms with Crippen LogP contribution in [0.5, 0.6) is 5.75 Å². The molecular formula is C20H16F2N4OS. The van der Waals surface area contributed by atoms with Crippen molar-refractivity contribution in [3.05, 3.63) is 59.8 Å². The topological polar surface area (TPSA) is 70.9 Å². The second-order valence-electron chi connectivity index (χ2n) is 6.21. The van der Waals surface area contributed by atoms with Crippen molar-refractivity contribution in [3.63, 3.8) is 0 Å². The number of benzene rings is 2. The Hall–Kier alpha value is -3.00. The lowest BCUT2D eigenvalue weighted by atomic mass is 10.1. The van der Waals surface area contributed by atoms with Gasteiger partial charge in [0.05, 0.1) is 18.4 Å². The standard InChI is InChI=1S/C20H16F2N4OS/c1-27-16-8-12(21)4-6-14(16)19-15(22)10-24-20(26-19)25-13-5-2-11-3-7-18(23)28-17(11)9-13/h2,4-6,8-10,23H,3,7H2,1H3,(H,24,25,26). The number of fused-ring (bicyclic) bond motifs is 1. The van der Waals surface area contributed by atoms with Gasteiger partial charge in [-0.15, -0.1) is 0 Å². The highest BCUT2D eigenvalue weighted by Crippen LogP contribution is 2.35. The molecule has 8 heteroatoms. The molecule has 1 aromatic heterocycles. The molecule has 0 spiro atoms. The van der Waals surface area contributed by atoms with Crippen molar-refractivity contribution in [2.24, 2.45) is 0 Å². The zero-order chi connectivity index (χ0) is 19.7. The number of ether oxygens (including phenoxy) is 1. The smallest absolute Gasteiger partial charge is 0.227 e. The van der Waals surface area contributed by atoms with E-state index in [-0.39, 0.29) is 17.4 Å². The van der Waals surface area contributed by atoms with Crippen molar-refractivity contribution >= 4 is 28.4 Å². The van der Waals surface area contributed by atoms with Gasteiger partial charge in [-0.1, -0.05) is 17.8 Å². The van der Waals surface area contributed by atoms with Gasteiger partial charge >= 0.3 is 0 Å². The molecule has 2 heterocycles. The van der Waals surface area contributed by atoms with Crippen LogP contribution < -0.4 is 10.1 Å². The Kier molecular flexibility index (Phi) is 4.95. The van der Waals surface area contributed by atoms with Gasteiger partial charge in [0.1, 0.15) is 17.3 Å². The van der Waals surface area contributed by atoms with E-state index in [4.69, 9.17) is 10.1 Å². The largest absolute Gasteiger partial charge is 0.496 e. The number of hydrogen-bond donors (Lipinski definition) is 2. The molecule has 0 amide bonds. The summed E-state index contributed by atoms with van der Waals surface area (Å²) in [7, 11) is 1.39. The summed E-state index contributed by atoms with van der Waals surface area (Å²) in [6.45, 7) is 0. The summed E-state index contributed by atoms with van der Waals surface area (Å²) in [5.41, 5.74) is 2.29. The Morgan fingerprint density at radius 3 is 2.82 bits per heavy atom. The fourth-order valence-corrected chi connectivity index (χ4v) is 3.93. The molecule has 2 aromatic carbocycles. The van der Waals surface area contributed by atoms with Crippen molar-refractivity contribution in [2.45, 2.75) is 17.7 Å². The third-order valence-electron chi connectivity index (χ3n) is 4.34. The first kappa shape index (κ1) is 18.4. The van der Waals surface area contributed by atoms with Crippen molar-refractivity contribution in [2.75, 3.05) is 12.4 Å². The monoisotopic (exact) mass is 398 g/mol. The summed E-state index contributed by atoms with van der Waals surface area (Å²) in [5, 5.41) is 11.5. The lowest BCUT2D eigenvalue weighted by Gasteiger charge is -2.17. The molecule has 4 rings (SSSR count). The molecule has 0 saturated carbocycles. The van der Waals surface area contributed by atoms with Crippen LogP contribution in [-0.4, -0.2) is 22.1 Å². The maximum absolute atomic E-state index is 14.4. The molecule has 0 fully saturated rings. The number of methoxy groups -OCH3 is 1. The van der Waals surface area contributed by atoms with Gasteiger partial charge < -0.3 is 10.1 Å². The predicted molar refractivity (Wildman–Crippen MR) is 106 cm³/mol. The van der Waals surface area contributed by atoms with Crippen LogP contribution in [0, 0.1) is 17.0 Å². The second kappa shape index (κ2) is 7.55. The Bertz CT molecular complexity index is 1070. The highest BCUT2D eigenvalue weighted by Gasteiger charge is 2.17. The number of nitrogens with one attached hydrogen (secondary N) is 2. The van der Waals surface area contributed by atoms with E-state index in [1.54, 1.807) is 0 Å². The Labute approximate surface area is 164 Å². The number of hydrogen-bond acceptors (Lipinski definition) is 6. The fourth-order valence-electron chi connectivity index (χ4n) is 2.97. The van der Waals surface area contributed by atoms with E-state index in [1.165, 1.54) is 42.6 Å². The highest BCUT2D eigenvalue weighted by molar-refractivity contribution is 8.14. The molecule has 28 heavy (non-hydrogen) atoms. The molecule has 0 unspecified atom stereocenters. The third-order valence-corrected chi connectivity index (χ3v) is 5.39. The summed E-state index contributed by atoms with van der Waals surface area (Å²) < 4.78 is 33.0. The van der Waals surface area contributed by atoms with Gasteiger partial charge in [0.15, 0.2) is 5.82 Å². The summed E-state index contributed by atoms with van der Waals surface area (Å²) in [6, 6.07) is 9.66. The minimum Gasteiger partial charge on any atom is -0.496 e. The summed E-state index contributed by atoms with van der Waals surface area (Å²) in [5.74, 6) is -0.721. The van der Waals surface area contributed by atoms with Crippen LogP contribution in [0.2, 0.25) is 0 Å². The second-order valence-corrected chi connectivity index (χ2v) is 7.34. The van der Waals surface area contributed by atoms with Crippen LogP contribution in [-0.2, 0) is 6.42 Å². The van der Waals surface area contributed by atoms with Gasteiger partial charge in [-0.05, 0) is 42.7 Å². The lowest BCUT2D eigenvalue weighted by molar-refractivity contribution is 0.412. The van der Waals surface area contributed by atoms with Crippen molar-refractivity contribution in [1.82, 2.24) is 9.97 Å². The van der Waals surface area contributed by atoms with Gasteiger partial charge in [-0.2, -0.15) is 0 Å². The highest BCUT2D eigenvalue weighted by atomic mass is 32.2. The maximum atomic E-state index is 14.4. The minimum atomic E-state index is -0.634. The first-order valence-electron chi connectivity index (χ1n) is 8.55. The number of rotatable bonds is 4. The first-order chi connectivity index (χ1) is 13.5. The summed E-state index contributed by atoms with van der Waals surface area (Å²) >= 11 is 1.44. The lowest BCUT2D eigenvalue weighted by Crippen LogP contribution is -2.05. The van der Waals surface area contributed by atoms with E-state index in [9.17, 15) is 8.78 Å². The Morgan fingerprint density at radius 2 is 2.00 bits per heavy atom. The maximum Gasteiger partial charge on any atom is 0.227 e. The van der Waals surface area contributed by atoms with Crippen LogP contribution >= 0.6 is 11.8 Å². The van der Waals surface area contributed by atoms with E-state index in [0.29, 0.717) is 10.6 Å². The number of thioether (sulfide) groups is 1. The van der Waals surface area contributed by atoms with Gasteiger partial charge in [0, 0.05) is 22.2 Å². The van der Waals surface area contributed by atoms with E-state index < -0.39 is 11.6 Å². The van der Waals surface area contributed by atoms with Crippen molar-refractivity contribution in [3.8, 4) is 17.0 Å². The summed E-state index contributed by atoms with van der Waals surface area (Å²) in [4.78, 5) is 9.27. The van der Waals surface area contributed by atoms with Crippen LogP contribution in [0.25, 0.3) is 11.3 Å². The number of aromatic nitrogens is 2. The molecule has 5 nitrogen and oxygen atoms in total. The Morgan fingerprint density at radius 1 is 1.14 bits per heavy atom. The summed E-state index contributed by atoms with van der Waals surface area (Å²) in [6.07, 6.45) is 2.67. The van der Waals surface area contributed by atoms with Crippen molar-refractivity contribution < 1.29 is 13.5 Å². The van der Waals surface area contributed by atoms with Crippen LogP contribution in [0.4, 0.5) is 20.4 Å². The average molecular weight is 398 g/mol. The van der Waals surface area contributed by atoms with E-state index in [1.807, 2.05) is 18.2 Å². The number of anilines is 2. The molecule has 0 aliphatic carbocycles. The number of halogens is 2. The van der Waals surface area contributed by atoms with E-state index >= 15 is 0 Å². The van der Waals surface area contributed by atoms with Gasteiger partial charge in [0.2, 0.25) is 5.95 Å². The molecular weight excluding hydrogens is 382 g/mol. The zero-order valence-corrected chi connectivity index (χ0v) is 15.7. The molecule has 142 valence electrons. The van der Waals surface area contributed by atoms with Crippen molar-refractivity contribution in [1.29, 1.82) is 5.41 Å².